The number of pyridine rings is 1. The van der Waals surface area contributed by atoms with Crippen LogP contribution in [0.4, 0.5) is 4.79 Å². The van der Waals surface area contributed by atoms with Crippen LogP contribution >= 0.6 is 0 Å². The van der Waals surface area contributed by atoms with E-state index in [-0.39, 0.29) is 24.5 Å². The highest BCUT2D eigenvalue weighted by Gasteiger charge is 2.30. The number of ether oxygens (including phenoxy) is 1. The maximum Gasteiger partial charge on any atom is 0.408 e. The number of alkyl carbamates (subject to hydrolysis) is 1. The van der Waals surface area contributed by atoms with Crippen molar-refractivity contribution in [2.75, 3.05) is 13.1 Å². The fraction of sp³-hybridized carbons (Fsp3) is 0.588. The Morgan fingerprint density at radius 2 is 2.20 bits per heavy atom. The first-order valence-corrected chi connectivity index (χ1v) is 8.48. The van der Waals surface area contributed by atoms with Crippen LogP contribution in [0.1, 0.15) is 26.0 Å². The molecule has 1 aromatic heterocycles. The number of hydrogen-bond donors (Lipinski definition) is 4. The SMILES string of the molecule is CC(C)C[C@H](NC(=O)OCc1ccccn1)C(=O)NC1CNCC1O. The number of carbonyl (C=O) groups is 2. The number of nitrogens with zero attached hydrogens (tertiary/aromatic N) is 1. The molecule has 0 saturated carbocycles. The highest BCUT2D eigenvalue weighted by atomic mass is 16.5. The van der Waals surface area contributed by atoms with Crippen LogP contribution < -0.4 is 16.0 Å². The van der Waals surface area contributed by atoms with Gasteiger partial charge in [0, 0.05) is 19.3 Å². The molecule has 138 valence electrons. The van der Waals surface area contributed by atoms with Crippen LogP contribution in [0.25, 0.3) is 0 Å². The Morgan fingerprint density at radius 1 is 1.40 bits per heavy atom. The van der Waals surface area contributed by atoms with E-state index in [2.05, 4.69) is 20.9 Å². The largest absolute Gasteiger partial charge is 0.443 e. The second kappa shape index (κ2) is 9.33. The summed E-state index contributed by atoms with van der Waals surface area (Å²) in [4.78, 5) is 28.5. The van der Waals surface area contributed by atoms with E-state index in [1.807, 2.05) is 13.8 Å². The van der Waals surface area contributed by atoms with Gasteiger partial charge in [-0.25, -0.2) is 4.79 Å². The van der Waals surface area contributed by atoms with Crippen LogP contribution in [0, 0.1) is 5.92 Å². The first kappa shape index (κ1) is 19.1. The van der Waals surface area contributed by atoms with Crippen LogP contribution in [-0.2, 0) is 16.1 Å². The van der Waals surface area contributed by atoms with E-state index in [0.29, 0.717) is 25.2 Å². The monoisotopic (exact) mass is 350 g/mol. The van der Waals surface area contributed by atoms with Crippen molar-refractivity contribution in [3.8, 4) is 0 Å². The van der Waals surface area contributed by atoms with Crippen molar-refractivity contribution in [1.29, 1.82) is 0 Å². The number of aliphatic hydroxyl groups is 1. The van der Waals surface area contributed by atoms with E-state index in [0.717, 1.165) is 0 Å². The van der Waals surface area contributed by atoms with Gasteiger partial charge < -0.3 is 25.8 Å². The lowest BCUT2D eigenvalue weighted by Crippen LogP contribution is -2.52. The van der Waals surface area contributed by atoms with Gasteiger partial charge in [-0.05, 0) is 24.5 Å². The van der Waals surface area contributed by atoms with Gasteiger partial charge in [-0.2, -0.15) is 0 Å². The molecule has 8 heteroatoms. The van der Waals surface area contributed by atoms with E-state index in [1.165, 1.54) is 0 Å². The predicted molar refractivity (Wildman–Crippen MR) is 91.6 cm³/mol. The molecule has 4 N–H and O–H groups in total. The van der Waals surface area contributed by atoms with Crippen molar-refractivity contribution in [2.45, 2.75) is 45.1 Å². The van der Waals surface area contributed by atoms with Crippen molar-refractivity contribution in [3.63, 3.8) is 0 Å². The second-order valence-electron chi connectivity index (χ2n) is 6.56. The maximum absolute atomic E-state index is 12.5. The van der Waals surface area contributed by atoms with E-state index in [1.54, 1.807) is 24.4 Å². The fourth-order valence-corrected chi connectivity index (χ4v) is 2.61. The molecule has 0 radical (unpaired) electrons. The molecular formula is C17H26N4O4. The number of hydrogen-bond acceptors (Lipinski definition) is 6. The third-order valence-electron chi connectivity index (χ3n) is 3.90. The minimum Gasteiger partial charge on any atom is -0.443 e. The lowest BCUT2D eigenvalue weighted by Gasteiger charge is -2.23. The molecule has 1 aromatic rings. The summed E-state index contributed by atoms with van der Waals surface area (Å²) < 4.78 is 5.13. The molecule has 2 amide bonds. The summed E-state index contributed by atoms with van der Waals surface area (Å²) in [7, 11) is 0. The highest BCUT2D eigenvalue weighted by Crippen LogP contribution is 2.08. The topological polar surface area (TPSA) is 113 Å². The van der Waals surface area contributed by atoms with Gasteiger partial charge in [0.2, 0.25) is 5.91 Å². The Hall–Kier alpha value is -2.19. The summed E-state index contributed by atoms with van der Waals surface area (Å²) in [5, 5.41) is 18.2. The zero-order valence-electron chi connectivity index (χ0n) is 14.6. The third-order valence-corrected chi connectivity index (χ3v) is 3.90. The molecule has 1 aliphatic heterocycles. The molecule has 3 atom stereocenters. The van der Waals surface area contributed by atoms with Gasteiger partial charge in [0.1, 0.15) is 12.6 Å². The average Bonchev–Trinajstić information content (AvgIpc) is 2.98. The standard InChI is InChI=1S/C17H26N4O4/c1-11(2)7-13(16(23)20-14-8-18-9-15(14)22)21-17(24)25-10-12-5-3-4-6-19-12/h3-6,11,13-15,18,22H,7-10H2,1-2H3,(H,20,23)(H,21,24)/t13-,14?,15?/m0/s1. The predicted octanol–water partition coefficient (Wildman–Crippen LogP) is 0.171. The summed E-state index contributed by atoms with van der Waals surface area (Å²) in [6.07, 6.45) is 0.796. The van der Waals surface area contributed by atoms with Crippen LogP contribution in [-0.4, -0.2) is 53.4 Å². The lowest BCUT2D eigenvalue weighted by atomic mass is 10.0. The molecule has 1 fully saturated rings. The second-order valence-corrected chi connectivity index (χ2v) is 6.56. The Morgan fingerprint density at radius 3 is 2.80 bits per heavy atom. The third kappa shape index (κ3) is 6.32. The van der Waals surface area contributed by atoms with Gasteiger partial charge in [-0.15, -0.1) is 0 Å². The van der Waals surface area contributed by atoms with Gasteiger partial charge in [-0.1, -0.05) is 19.9 Å². The number of rotatable bonds is 7. The fourth-order valence-electron chi connectivity index (χ4n) is 2.61. The first-order chi connectivity index (χ1) is 12.0. The van der Waals surface area contributed by atoms with E-state index < -0.39 is 18.2 Å². The van der Waals surface area contributed by atoms with Gasteiger partial charge in [-0.3, -0.25) is 9.78 Å². The van der Waals surface area contributed by atoms with E-state index in [4.69, 9.17) is 4.74 Å². The van der Waals surface area contributed by atoms with Crippen molar-refractivity contribution in [3.05, 3.63) is 30.1 Å². The summed E-state index contributed by atoms with van der Waals surface area (Å²) in [5.74, 6) is -0.116. The molecule has 0 aromatic carbocycles. The van der Waals surface area contributed by atoms with Gasteiger partial charge in [0.25, 0.3) is 0 Å². The Balaban J connectivity index is 1.87. The molecular weight excluding hydrogens is 324 g/mol. The van der Waals surface area contributed by atoms with Crippen molar-refractivity contribution in [2.24, 2.45) is 5.92 Å². The smallest absolute Gasteiger partial charge is 0.408 e. The van der Waals surface area contributed by atoms with Crippen LogP contribution in [0.15, 0.2) is 24.4 Å². The zero-order valence-corrected chi connectivity index (χ0v) is 14.6. The quantitative estimate of drug-likeness (QED) is 0.558. The zero-order chi connectivity index (χ0) is 18.2. The lowest BCUT2D eigenvalue weighted by molar-refractivity contribution is -0.124. The highest BCUT2D eigenvalue weighted by molar-refractivity contribution is 5.85. The van der Waals surface area contributed by atoms with Crippen molar-refractivity contribution < 1.29 is 19.4 Å². The van der Waals surface area contributed by atoms with Crippen molar-refractivity contribution >= 4 is 12.0 Å². The molecule has 0 aliphatic carbocycles. The minimum atomic E-state index is -0.718. The number of aromatic nitrogens is 1. The van der Waals surface area contributed by atoms with Gasteiger partial charge in [0.05, 0.1) is 17.8 Å². The number of amides is 2. The molecule has 0 bridgehead atoms. The van der Waals surface area contributed by atoms with Gasteiger partial charge >= 0.3 is 6.09 Å². The van der Waals surface area contributed by atoms with Crippen molar-refractivity contribution in [1.82, 2.24) is 20.9 Å². The molecule has 1 saturated heterocycles. The summed E-state index contributed by atoms with van der Waals surface area (Å²) >= 11 is 0. The summed E-state index contributed by atoms with van der Waals surface area (Å²) in [6, 6.07) is 4.26. The Kier molecular flexibility index (Phi) is 7.15. The molecule has 2 unspecified atom stereocenters. The number of aliphatic hydroxyl groups excluding tert-OH is 1. The average molecular weight is 350 g/mol. The van der Waals surface area contributed by atoms with Crippen LogP contribution in [0.3, 0.4) is 0 Å². The maximum atomic E-state index is 12.5. The van der Waals surface area contributed by atoms with Crippen LogP contribution in [0.5, 0.6) is 0 Å². The van der Waals surface area contributed by atoms with Gasteiger partial charge in [0.15, 0.2) is 0 Å². The summed E-state index contributed by atoms with van der Waals surface area (Å²) in [5.41, 5.74) is 0.627. The van der Waals surface area contributed by atoms with E-state index >= 15 is 0 Å². The normalized spacial score (nSPS) is 21.0. The Labute approximate surface area is 147 Å². The van der Waals surface area contributed by atoms with Crippen LogP contribution in [0.2, 0.25) is 0 Å². The minimum absolute atomic E-state index is 0.0357. The molecule has 8 nitrogen and oxygen atoms in total. The number of carbonyl (C=O) groups excluding carboxylic acids is 2. The first-order valence-electron chi connectivity index (χ1n) is 8.48. The molecule has 25 heavy (non-hydrogen) atoms. The number of nitrogens with one attached hydrogen (secondary N) is 3. The molecule has 2 heterocycles. The Bertz CT molecular complexity index is 567. The summed E-state index contributed by atoms with van der Waals surface area (Å²) in [6.45, 7) is 4.92. The number of β-amino-alcohol motifs (C(OH)–C–C–N with tert-alkyl or cyclic N) is 1. The molecule has 1 aliphatic rings. The molecule has 0 spiro atoms. The van der Waals surface area contributed by atoms with E-state index in [9.17, 15) is 14.7 Å². The molecule has 2 rings (SSSR count).